The van der Waals surface area contributed by atoms with Gasteiger partial charge in [-0.3, -0.25) is 19.6 Å². The van der Waals surface area contributed by atoms with Crippen molar-refractivity contribution in [2.24, 2.45) is 7.05 Å². The fourth-order valence-electron chi connectivity index (χ4n) is 1.47. The number of amides is 2. The molecular weight excluding hydrogens is 194 g/mol. The molecule has 0 aromatic carbocycles. The van der Waals surface area contributed by atoms with Crippen molar-refractivity contribution in [3.05, 3.63) is 23.0 Å². The summed E-state index contributed by atoms with van der Waals surface area (Å²) < 4.78 is 1.72. The quantitative estimate of drug-likeness (QED) is 0.524. The molecule has 5 nitrogen and oxygen atoms in total. The Bertz CT molecular complexity index is 471. The van der Waals surface area contributed by atoms with E-state index in [1.807, 2.05) is 14.0 Å². The van der Waals surface area contributed by atoms with Gasteiger partial charge in [0.05, 0.1) is 12.6 Å². The molecule has 0 aliphatic carbocycles. The van der Waals surface area contributed by atoms with E-state index in [9.17, 15) is 9.59 Å². The molecule has 0 bridgehead atoms. The van der Waals surface area contributed by atoms with Crippen LogP contribution in [0.5, 0.6) is 0 Å². The van der Waals surface area contributed by atoms with Gasteiger partial charge in [0.15, 0.2) is 0 Å². The molecule has 1 fully saturated rings. The third-order valence-corrected chi connectivity index (χ3v) is 2.50. The summed E-state index contributed by atoms with van der Waals surface area (Å²) in [6.07, 6.45) is 3.55. The Labute approximate surface area is 86.8 Å². The van der Waals surface area contributed by atoms with Gasteiger partial charge in [0.1, 0.15) is 0 Å². The van der Waals surface area contributed by atoms with Crippen molar-refractivity contribution in [1.82, 2.24) is 15.1 Å². The van der Waals surface area contributed by atoms with E-state index in [0.29, 0.717) is 5.57 Å². The van der Waals surface area contributed by atoms with Gasteiger partial charge < -0.3 is 0 Å². The van der Waals surface area contributed by atoms with Gasteiger partial charge in [-0.1, -0.05) is 0 Å². The highest BCUT2D eigenvalue weighted by Gasteiger charge is 2.23. The summed E-state index contributed by atoms with van der Waals surface area (Å²) in [6.45, 7) is 1.91. The number of hydrogen-bond donors (Lipinski definition) is 1. The standard InChI is InChI=1S/C10H11N3O2/c1-6-8(5-11-13(6)2)3-7-4-9(14)12-10(7)15/h3,5H,4H2,1-2H3,(H,12,14,15). The van der Waals surface area contributed by atoms with Crippen LogP contribution in [0, 0.1) is 6.92 Å². The van der Waals surface area contributed by atoms with Crippen molar-refractivity contribution in [1.29, 1.82) is 0 Å². The Hall–Kier alpha value is -1.91. The van der Waals surface area contributed by atoms with Crippen molar-refractivity contribution in [3.63, 3.8) is 0 Å². The van der Waals surface area contributed by atoms with Gasteiger partial charge in [-0.25, -0.2) is 0 Å². The molecule has 5 heteroatoms. The number of aromatic nitrogens is 2. The zero-order valence-corrected chi connectivity index (χ0v) is 8.57. The Kier molecular flexibility index (Phi) is 2.15. The van der Waals surface area contributed by atoms with E-state index >= 15 is 0 Å². The number of nitrogens with one attached hydrogen (secondary N) is 1. The van der Waals surface area contributed by atoms with E-state index < -0.39 is 0 Å². The van der Waals surface area contributed by atoms with Crippen LogP contribution in [-0.2, 0) is 16.6 Å². The molecule has 2 amide bonds. The first-order valence-electron chi connectivity index (χ1n) is 4.61. The number of hydrogen-bond acceptors (Lipinski definition) is 3. The van der Waals surface area contributed by atoms with Gasteiger partial charge in [-0.2, -0.15) is 5.10 Å². The predicted molar refractivity (Wildman–Crippen MR) is 53.7 cm³/mol. The van der Waals surface area contributed by atoms with E-state index in [-0.39, 0.29) is 18.2 Å². The predicted octanol–water partition coefficient (Wildman–Crippen LogP) is 0.158. The number of carbonyl (C=O) groups is 2. The molecule has 0 radical (unpaired) electrons. The Morgan fingerprint density at radius 2 is 2.27 bits per heavy atom. The van der Waals surface area contributed by atoms with Gasteiger partial charge in [-0.05, 0) is 13.0 Å². The second kappa shape index (κ2) is 3.34. The second-order valence-electron chi connectivity index (χ2n) is 3.53. The number of aryl methyl sites for hydroxylation is 1. The van der Waals surface area contributed by atoms with Gasteiger partial charge >= 0.3 is 0 Å². The zero-order chi connectivity index (χ0) is 11.0. The maximum Gasteiger partial charge on any atom is 0.254 e. The molecule has 1 aromatic rings. The first-order chi connectivity index (χ1) is 7.08. The Morgan fingerprint density at radius 1 is 1.53 bits per heavy atom. The minimum Gasteiger partial charge on any atom is -0.292 e. The molecule has 1 aliphatic rings. The first-order valence-corrected chi connectivity index (χ1v) is 4.61. The lowest BCUT2D eigenvalue weighted by atomic mass is 10.1. The fraction of sp³-hybridized carbons (Fsp3) is 0.300. The monoisotopic (exact) mass is 205 g/mol. The third-order valence-electron chi connectivity index (χ3n) is 2.50. The van der Waals surface area contributed by atoms with Gasteiger partial charge in [0, 0.05) is 23.9 Å². The lowest BCUT2D eigenvalue weighted by Gasteiger charge is -1.95. The molecule has 0 spiro atoms. The highest BCUT2D eigenvalue weighted by molar-refractivity contribution is 6.15. The lowest BCUT2D eigenvalue weighted by molar-refractivity contribution is -0.124. The molecule has 1 aromatic heterocycles. The largest absolute Gasteiger partial charge is 0.292 e. The number of imide groups is 1. The summed E-state index contributed by atoms with van der Waals surface area (Å²) in [5, 5.41) is 6.30. The average molecular weight is 205 g/mol. The number of nitrogens with zero attached hydrogens (tertiary/aromatic N) is 2. The van der Waals surface area contributed by atoms with Crippen LogP contribution in [0.4, 0.5) is 0 Å². The zero-order valence-electron chi connectivity index (χ0n) is 8.57. The maximum atomic E-state index is 11.3. The summed E-state index contributed by atoms with van der Waals surface area (Å²) >= 11 is 0. The normalized spacial score (nSPS) is 18.7. The second-order valence-corrected chi connectivity index (χ2v) is 3.53. The molecule has 0 unspecified atom stereocenters. The Morgan fingerprint density at radius 3 is 2.73 bits per heavy atom. The van der Waals surface area contributed by atoms with Crippen molar-refractivity contribution in [3.8, 4) is 0 Å². The molecule has 0 saturated carbocycles. The van der Waals surface area contributed by atoms with Crippen molar-refractivity contribution in [2.45, 2.75) is 13.3 Å². The van der Waals surface area contributed by atoms with Crippen molar-refractivity contribution < 1.29 is 9.59 Å². The average Bonchev–Trinajstić information content (AvgIpc) is 2.64. The van der Waals surface area contributed by atoms with Crippen LogP contribution in [0.1, 0.15) is 17.7 Å². The minimum atomic E-state index is -0.303. The molecule has 2 rings (SSSR count). The number of carbonyl (C=O) groups excluding carboxylic acids is 2. The van der Waals surface area contributed by atoms with E-state index in [0.717, 1.165) is 11.3 Å². The summed E-state index contributed by atoms with van der Waals surface area (Å²) in [7, 11) is 1.83. The molecule has 78 valence electrons. The SMILES string of the molecule is Cc1c(C=C2CC(=O)NC2=O)cnn1C. The summed E-state index contributed by atoms with van der Waals surface area (Å²) in [4.78, 5) is 22.2. The maximum absolute atomic E-state index is 11.3. The molecule has 1 saturated heterocycles. The molecular formula is C10H11N3O2. The highest BCUT2D eigenvalue weighted by Crippen LogP contribution is 2.16. The van der Waals surface area contributed by atoms with Gasteiger partial charge in [-0.15, -0.1) is 0 Å². The van der Waals surface area contributed by atoms with Crippen LogP contribution in [0.3, 0.4) is 0 Å². The summed E-state index contributed by atoms with van der Waals surface area (Å²) in [5.74, 6) is -0.545. The van der Waals surface area contributed by atoms with Gasteiger partial charge in [0.25, 0.3) is 5.91 Å². The van der Waals surface area contributed by atoms with Crippen LogP contribution < -0.4 is 5.32 Å². The van der Waals surface area contributed by atoms with Crippen LogP contribution in [0.2, 0.25) is 0 Å². The van der Waals surface area contributed by atoms with Crippen LogP contribution in [0.25, 0.3) is 6.08 Å². The van der Waals surface area contributed by atoms with E-state index in [2.05, 4.69) is 10.4 Å². The smallest absolute Gasteiger partial charge is 0.254 e. The lowest BCUT2D eigenvalue weighted by Crippen LogP contribution is -2.19. The van der Waals surface area contributed by atoms with Crippen LogP contribution >= 0.6 is 0 Å². The fourth-order valence-corrected chi connectivity index (χ4v) is 1.47. The highest BCUT2D eigenvalue weighted by atomic mass is 16.2. The first kappa shape index (κ1) is 9.64. The number of rotatable bonds is 1. The third kappa shape index (κ3) is 1.68. The topological polar surface area (TPSA) is 64.0 Å². The van der Waals surface area contributed by atoms with Crippen molar-refractivity contribution in [2.75, 3.05) is 0 Å². The molecule has 0 atom stereocenters. The van der Waals surface area contributed by atoms with E-state index in [4.69, 9.17) is 0 Å². The minimum absolute atomic E-state index is 0.160. The van der Waals surface area contributed by atoms with E-state index in [1.54, 1.807) is 17.0 Å². The molecule has 1 N–H and O–H groups in total. The summed E-state index contributed by atoms with van der Waals surface area (Å²) in [6, 6.07) is 0. The van der Waals surface area contributed by atoms with Crippen LogP contribution in [0.15, 0.2) is 11.8 Å². The van der Waals surface area contributed by atoms with Crippen LogP contribution in [-0.4, -0.2) is 21.6 Å². The van der Waals surface area contributed by atoms with Gasteiger partial charge in [0.2, 0.25) is 5.91 Å². The summed E-state index contributed by atoms with van der Waals surface area (Å²) in [5.41, 5.74) is 2.34. The molecule has 2 heterocycles. The molecule has 1 aliphatic heterocycles. The Balaban J connectivity index is 2.35. The van der Waals surface area contributed by atoms with Crippen molar-refractivity contribution >= 4 is 17.9 Å². The molecule has 15 heavy (non-hydrogen) atoms. The van der Waals surface area contributed by atoms with E-state index in [1.165, 1.54) is 0 Å².